The number of anilines is 1. The summed E-state index contributed by atoms with van der Waals surface area (Å²) in [6, 6.07) is 5.53. The number of hydrogen-bond acceptors (Lipinski definition) is 4. The van der Waals surface area contributed by atoms with Gasteiger partial charge in [-0.05, 0) is 24.8 Å². The van der Waals surface area contributed by atoms with Crippen LogP contribution >= 0.6 is 12.6 Å². The van der Waals surface area contributed by atoms with Crippen molar-refractivity contribution in [2.45, 2.75) is 4.90 Å². The molecule has 0 aliphatic carbocycles. The van der Waals surface area contributed by atoms with Crippen LogP contribution in [-0.2, 0) is 10.1 Å². The van der Waals surface area contributed by atoms with Gasteiger partial charge >= 0.3 is 0 Å². The third-order valence-corrected chi connectivity index (χ3v) is 3.16. The van der Waals surface area contributed by atoms with Crippen LogP contribution in [0, 0.1) is 0 Å². The number of thiol groups is 1. The van der Waals surface area contributed by atoms with E-state index in [0.717, 1.165) is 0 Å². The van der Waals surface area contributed by atoms with Crippen molar-refractivity contribution in [2.24, 2.45) is 10.1 Å². The second-order valence-electron chi connectivity index (χ2n) is 3.07. The van der Waals surface area contributed by atoms with Gasteiger partial charge in [0.15, 0.2) is 5.17 Å². The molecule has 0 spiro atoms. The zero-order chi connectivity index (χ0) is 13.8. The maximum absolute atomic E-state index is 11.0. The summed E-state index contributed by atoms with van der Waals surface area (Å²) in [4.78, 5) is 3.56. The molecule has 0 bridgehead atoms. The van der Waals surface area contributed by atoms with E-state index in [-0.39, 0.29) is 10.1 Å². The van der Waals surface area contributed by atoms with Crippen molar-refractivity contribution in [1.29, 1.82) is 0 Å². The van der Waals surface area contributed by atoms with Crippen LogP contribution in [0.3, 0.4) is 0 Å². The zero-order valence-electron chi connectivity index (χ0n) is 9.48. The summed E-state index contributed by atoms with van der Waals surface area (Å²) < 4.78 is 31.0. The summed E-state index contributed by atoms with van der Waals surface area (Å²) in [5.41, 5.74) is 0.358. The minimum absolute atomic E-state index is 0.221. The van der Waals surface area contributed by atoms with Gasteiger partial charge in [0.1, 0.15) is 0 Å². The number of amidine groups is 1. The van der Waals surface area contributed by atoms with Crippen molar-refractivity contribution in [2.75, 3.05) is 12.1 Å². The molecular formula is C10H11N3O3S2. The molecule has 0 unspecified atom stereocenters. The van der Waals surface area contributed by atoms with Crippen molar-refractivity contribution < 1.29 is 13.0 Å². The number of rotatable bonds is 3. The molecule has 1 aromatic rings. The molecule has 8 heteroatoms. The smallest absolute Gasteiger partial charge is 0.282 e. The first-order valence-electron chi connectivity index (χ1n) is 4.66. The predicted octanol–water partition coefficient (Wildman–Crippen LogP) is 1.43. The highest BCUT2D eigenvalue weighted by Crippen LogP contribution is 2.20. The molecule has 6 nitrogen and oxygen atoms in total. The first kappa shape index (κ1) is 14.5. The molecule has 18 heavy (non-hydrogen) atoms. The quantitative estimate of drug-likeness (QED) is 0.289. The van der Waals surface area contributed by atoms with Crippen LogP contribution < -0.4 is 5.01 Å². The van der Waals surface area contributed by atoms with Crippen LogP contribution in [0.25, 0.3) is 0 Å². The fourth-order valence-electron chi connectivity index (χ4n) is 1.16. The molecule has 0 fully saturated rings. The van der Waals surface area contributed by atoms with E-state index in [1.54, 1.807) is 6.07 Å². The molecule has 0 atom stereocenters. The van der Waals surface area contributed by atoms with Crippen molar-refractivity contribution in [3.63, 3.8) is 0 Å². The Bertz CT molecular complexity index is 619. The zero-order valence-corrected chi connectivity index (χ0v) is 11.2. The number of aliphatic imine (C=N–C) groups is 1. The van der Waals surface area contributed by atoms with Crippen LogP contribution in [0.15, 0.2) is 45.8 Å². The summed E-state index contributed by atoms with van der Waals surface area (Å²) in [6.45, 7) is 3.32. The lowest BCUT2D eigenvalue weighted by Crippen LogP contribution is -2.20. The van der Waals surface area contributed by atoms with Crippen LogP contribution in [0.1, 0.15) is 0 Å². The van der Waals surface area contributed by atoms with Gasteiger partial charge in [-0.25, -0.2) is 5.01 Å². The fourth-order valence-corrected chi connectivity index (χ4v) is 1.84. The summed E-state index contributed by atoms with van der Waals surface area (Å²) in [6.07, 6.45) is 0. The van der Waals surface area contributed by atoms with Gasteiger partial charge in [0.2, 0.25) is 0 Å². The highest BCUT2D eigenvalue weighted by Gasteiger charge is 2.14. The molecule has 0 radical (unpaired) electrons. The van der Waals surface area contributed by atoms with Crippen LogP contribution in [0.5, 0.6) is 0 Å². The maximum Gasteiger partial charge on any atom is 0.294 e. The van der Waals surface area contributed by atoms with Crippen LogP contribution in [0.4, 0.5) is 5.69 Å². The Morgan fingerprint density at radius 1 is 1.56 bits per heavy atom. The van der Waals surface area contributed by atoms with Crippen molar-refractivity contribution in [3.05, 3.63) is 30.8 Å². The van der Waals surface area contributed by atoms with Crippen molar-refractivity contribution in [1.82, 2.24) is 0 Å². The molecule has 0 heterocycles. The van der Waals surface area contributed by atoms with Gasteiger partial charge in [0.05, 0.1) is 10.6 Å². The van der Waals surface area contributed by atoms with Crippen molar-refractivity contribution >= 4 is 39.5 Å². The summed E-state index contributed by atoms with van der Waals surface area (Å²) in [5, 5.41) is 5.22. The van der Waals surface area contributed by atoms with Crippen molar-refractivity contribution in [3.8, 4) is 0 Å². The molecular weight excluding hydrogens is 274 g/mol. The molecule has 1 rings (SSSR count). The van der Waals surface area contributed by atoms with E-state index in [1.807, 2.05) is 0 Å². The van der Waals surface area contributed by atoms with Gasteiger partial charge in [0, 0.05) is 12.9 Å². The molecule has 0 saturated carbocycles. The molecule has 96 valence electrons. The Labute approximate surface area is 111 Å². The normalized spacial score (nSPS) is 11.8. The van der Waals surface area contributed by atoms with Gasteiger partial charge in [0.25, 0.3) is 10.1 Å². The standard InChI is InChI=1S/C10H11N3O3S2/c1-3-12-13(10(17)11-2)8-5-4-6-9(7-8)18(14,15)16/h4-7H,1H2,2H3,(H,11,17)(H,14,15,16). The summed E-state index contributed by atoms with van der Waals surface area (Å²) in [5.74, 6) is 2.30. The number of hydrogen-bond donors (Lipinski definition) is 2. The van der Waals surface area contributed by atoms with Crippen LogP contribution in [0.2, 0.25) is 0 Å². The Kier molecular flexibility index (Phi) is 4.69. The van der Waals surface area contributed by atoms with E-state index < -0.39 is 10.1 Å². The third kappa shape index (κ3) is 3.44. The minimum Gasteiger partial charge on any atom is -0.282 e. The van der Waals surface area contributed by atoms with E-state index >= 15 is 0 Å². The SMILES string of the molecule is C=C=NN(/C(S)=N\C)c1cccc(S(=O)(=O)O)c1. The van der Waals surface area contributed by atoms with E-state index in [0.29, 0.717) is 5.69 Å². The first-order valence-corrected chi connectivity index (χ1v) is 6.55. The highest BCUT2D eigenvalue weighted by molar-refractivity contribution is 7.97. The average molecular weight is 285 g/mol. The van der Waals surface area contributed by atoms with Gasteiger partial charge in [-0.15, -0.1) is 17.7 Å². The Balaban J connectivity index is 3.35. The summed E-state index contributed by atoms with van der Waals surface area (Å²) >= 11 is 4.08. The Morgan fingerprint density at radius 2 is 2.22 bits per heavy atom. The molecule has 1 aromatic carbocycles. The van der Waals surface area contributed by atoms with Gasteiger partial charge in [-0.1, -0.05) is 6.07 Å². The lowest BCUT2D eigenvalue weighted by molar-refractivity contribution is 0.483. The molecule has 0 aliphatic heterocycles. The number of nitrogens with zero attached hydrogens (tertiary/aromatic N) is 3. The molecule has 0 aliphatic rings. The largest absolute Gasteiger partial charge is 0.294 e. The topological polar surface area (TPSA) is 82.3 Å². The number of hydrazone groups is 1. The average Bonchev–Trinajstić information content (AvgIpc) is 2.34. The molecule has 1 N–H and O–H groups in total. The van der Waals surface area contributed by atoms with E-state index in [1.165, 1.54) is 30.3 Å². The summed E-state index contributed by atoms with van der Waals surface area (Å²) in [7, 11) is -2.77. The maximum atomic E-state index is 11.0. The lowest BCUT2D eigenvalue weighted by Gasteiger charge is -2.16. The highest BCUT2D eigenvalue weighted by atomic mass is 32.2. The van der Waals surface area contributed by atoms with Gasteiger partial charge in [-0.3, -0.25) is 9.55 Å². The molecule has 0 saturated heterocycles. The second kappa shape index (κ2) is 5.83. The Morgan fingerprint density at radius 3 is 2.72 bits per heavy atom. The van der Waals surface area contributed by atoms with E-state index in [2.05, 4.69) is 35.2 Å². The monoisotopic (exact) mass is 285 g/mol. The molecule has 0 aromatic heterocycles. The van der Waals surface area contributed by atoms with E-state index in [4.69, 9.17) is 4.55 Å². The minimum atomic E-state index is -4.28. The molecule has 0 amide bonds. The van der Waals surface area contributed by atoms with Gasteiger partial charge in [-0.2, -0.15) is 8.42 Å². The fraction of sp³-hybridized carbons (Fsp3) is 0.100. The number of benzene rings is 1. The second-order valence-corrected chi connectivity index (χ2v) is 4.89. The Hall–Kier alpha value is -1.60. The third-order valence-electron chi connectivity index (χ3n) is 1.92. The van der Waals surface area contributed by atoms with Crippen LogP contribution in [-0.4, -0.2) is 31.1 Å². The first-order chi connectivity index (χ1) is 8.40. The predicted molar refractivity (Wildman–Crippen MR) is 74.1 cm³/mol. The van der Waals surface area contributed by atoms with Gasteiger partial charge < -0.3 is 0 Å². The van der Waals surface area contributed by atoms with E-state index in [9.17, 15) is 8.42 Å². The lowest BCUT2D eigenvalue weighted by atomic mass is 10.3.